The molecular weight excluding hydrogens is 382 g/mol. The van der Waals surface area contributed by atoms with Crippen molar-refractivity contribution in [1.82, 2.24) is 14.5 Å². The number of nitrogens with zero attached hydrogens (tertiary/aromatic N) is 2. The average molecular weight is 405 g/mol. The highest BCUT2D eigenvalue weighted by Gasteiger charge is 2.13. The van der Waals surface area contributed by atoms with Gasteiger partial charge < -0.3 is 19.2 Å². The topological polar surface area (TPSA) is 78.4 Å². The number of rotatable bonds is 7. The molecule has 0 aliphatic heterocycles. The van der Waals surface area contributed by atoms with Crippen molar-refractivity contribution < 1.29 is 14.2 Å². The molecule has 2 heterocycles. The van der Waals surface area contributed by atoms with Gasteiger partial charge in [-0.15, -0.1) is 0 Å². The summed E-state index contributed by atoms with van der Waals surface area (Å²) in [5.74, 6) is 2.06. The van der Waals surface area contributed by atoms with E-state index in [1.807, 2.05) is 55.5 Å². The number of methoxy groups -OCH3 is 2. The van der Waals surface area contributed by atoms with Crippen LogP contribution in [0.2, 0.25) is 0 Å². The van der Waals surface area contributed by atoms with Crippen molar-refractivity contribution in [3.63, 3.8) is 0 Å². The molecule has 1 N–H and O–H groups in total. The summed E-state index contributed by atoms with van der Waals surface area (Å²) in [6, 6.07) is 15.3. The zero-order chi connectivity index (χ0) is 21.1. The van der Waals surface area contributed by atoms with Crippen LogP contribution in [0.3, 0.4) is 0 Å². The lowest BCUT2D eigenvalue weighted by Crippen LogP contribution is -2.17. The average Bonchev–Trinajstić information content (AvgIpc) is 3.08. The molecule has 0 saturated heterocycles. The van der Waals surface area contributed by atoms with Crippen LogP contribution in [0.15, 0.2) is 59.5 Å². The van der Waals surface area contributed by atoms with Gasteiger partial charge in [0.15, 0.2) is 17.1 Å². The first-order valence-corrected chi connectivity index (χ1v) is 9.66. The number of ether oxygens (including phenoxy) is 3. The predicted octanol–water partition coefficient (Wildman–Crippen LogP) is 3.86. The van der Waals surface area contributed by atoms with Crippen LogP contribution in [0.5, 0.6) is 17.2 Å². The van der Waals surface area contributed by atoms with E-state index in [4.69, 9.17) is 14.2 Å². The number of imidazole rings is 1. The molecule has 7 heteroatoms. The molecular formula is C23H23N3O4. The highest BCUT2D eigenvalue weighted by atomic mass is 16.5. The Morgan fingerprint density at radius 3 is 2.57 bits per heavy atom. The predicted molar refractivity (Wildman–Crippen MR) is 116 cm³/mol. The van der Waals surface area contributed by atoms with E-state index in [0.29, 0.717) is 35.8 Å². The molecule has 0 unspecified atom stereocenters. The number of benzene rings is 2. The van der Waals surface area contributed by atoms with Crippen molar-refractivity contribution in [2.45, 2.75) is 13.5 Å². The summed E-state index contributed by atoms with van der Waals surface area (Å²) in [6.07, 6.45) is 1.75. The van der Waals surface area contributed by atoms with Gasteiger partial charge >= 0.3 is 5.69 Å². The van der Waals surface area contributed by atoms with Gasteiger partial charge in [0.2, 0.25) is 0 Å². The maximum atomic E-state index is 12.6. The van der Waals surface area contributed by atoms with Gasteiger partial charge in [0.1, 0.15) is 5.75 Å². The van der Waals surface area contributed by atoms with E-state index in [0.717, 1.165) is 22.4 Å². The minimum absolute atomic E-state index is 0.219. The summed E-state index contributed by atoms with van der Waals surface area (Å²) in [5.41, 5.74) is 3.74. The molecule has 0 fully saturated rings. The van der Waals surface area contributed by atoms with Gasteiger partial charge in [0, 0.05) is 17.3 Å². The van der Waals surface area contributed by atoms with E-state index in [1.165, 1.54) is 0 Å². The molecule has 154 valence electrons. The highest BCUT2D eigenvalue weighted by molar-refractivity contribution is 5.80. The number of para-hydroxylation sites is 1. The molecule has 7 nitrogen and oxygen atoms in total. The second-order valence-electron chi connectivity index (χ2n) is 6.73. The summed E-state index contributed by atoms with van der Waals surface area (Å²) < 4.78 is 18.0. The van der Waals surface area contributed by atoms with Crippen molar-refractivity contribution in [3.8, 4) is 28.4 Å². The van der Waals surface area contributed by atoms with Crippen LogP contribution in [0.4, 0.5) is 0 Å². The van der Waals surface area contributed by atoms with Gasteiger partial charge in [-0.05, 0) is 36.8 Å². The first kappa shape index (κ1) is 19.6. The van der Waals surface area contributed by atoms with E-state index >= 15 is 0 Å². The quantitative estimate of drug-likeness (QED) is 0.505. The molecule has 0 aliphatic rings. The molecule has 0 bridgehead atoms. The number of pyridine rings is 1. The first-order chi connectivity index (χ1) is 14.6. The number of aromatic nitrogens is 3. The Hall–Kier alpha value is -3.74. The molecule has 0 atom stereocenters. The van der Waals surface area contributed by atoms with Crippen molar-refractivity contribution in [1.29, 1.82) is 0 Å². The first-order valence-electron chi connectivity index (χ1n) is 9.66. The lowest BCUT2D eigenvalue weighted by atomic mass is 10.1. The minimum Gasteiger partial charge on any atom is -0.496 e. The standard InChI is InChI=1S/C23H23N3O4/c1-4-30-21-11-15(9-10-20(21)29-3)14-26-22-18(25-23(26)27)12-16(13-24-22)17-7-5-6-8-19(17)28-2/h5-13H,4,14H2,1-3H3,(H,25,27). The third kappa shape index (κ3) is 3.61. The Bertz CT molecular complexity index is 1240. The van der Waals surface area contributed by atoms with E-state index in [2.05, 4.69) is 9.97 Å². The van der Waals surface area contributed by atoms with Crippen LogP contribution in [-0.4, -0.2) is 35.4 Å². The Morgan fingerprint density at radius 2 is 1.80 bits per heavy atom. The molecule has 2 aromatic carbocycles. The maximum Gasteiger partial charge on any atom is 0.327 e. The minimum atomic E-state index is -0.219. The van der Waals surface area contributed by atoms with Gasteiger partial charge in [-0.2, -0.15) is 0 Å². The van der Waals surface area contributed by atoms with Crippen LogP contribution in [0.25, 0.3) is 22.3 Å². The second-order valence-corrected chi connectivity index (χ2v) is 6.73. The summed E-state index contributed by atoms with van der Waals surface area (Å²) in [6.45, 7) is 2.81. The van der Waals surface area contributed by atoms with Crippen LogP contribution < -0.4 is 19.9 Å². The maximum absolute atomic E-state index is 12.6. The molecule has 0 aliphatic carbocycles. The van der Waals surface area contributed by atoms with E-state index in [-0.39, 0.29) is 5.69 Å². The van der Waals surface area contributed by atoms with Crippen molar-refractivity contribution >= 4 is 11.2 Å². The second kappa shape index (κ2) is 8.32. The van der Waals surface area contributed by atoms with Crippen LogP contribution >= 0.6 is 0 Å². The fourth-order valence-electron chi connectivity index (χ4n) is 3.49. The number of hydrogen-bond donors (Lipinski definition) is 1. The number of fused-ring (bicyclic) bond motifs is 1. The molecule has 0 saturated carbocycles. The van der Waals surface area contributed by atoms with Gasteiger partial charge in [0.25, 0.3) is 0 Å². The largest absolute Gasteiger partial charge is 0.496 e. The molecule has 0 amide bonds. The number of H-pyrrole nitrogens is 1. The van der Waals surface area contributed by atoms with E-state index in [1.54, 1.807) is 25.0 Å². The third-order valence-electron chi connectivity index (χ3n) is 4.90. The van der Waals surface area contributed by atoms with E-state index < -0.39 is 0 Å². The van der Waals surface area contributed by atoms with Gasteiger partial charge in [-0.25, -0.2) is 9.78 Å². The van der Waals surface area contributed by atoms with Crippen molar-refractivity contribution in [2.75, 3.05) is 20.8 Å². The molecule has 0 spiro atoms. The Balaban J connectivity index is 1.72. The number of aromatic amines is 1. The monoisotopic (exact) mass is 405 g/mol. The zero-order valence-corrected chi connectivity index (χ0v) is 17.1. The van der Waals surface area contributed by atoms with Crippen LogP contribution in [0, 0.1) is 0 Å². The summed E-state index contributed by atoms with van der Waals surface area (Å²) in [4.78, 5) is 20.1. The zero-order valence-electron chi connectivity index (χ0n) is 17.1. The van der Waals surface area contributed by atoms with Crippen LogP contribution in [0.1, 0.15) is 12.5 Å². The lowest BCUT2D eigenvalue weighted by Gasteiger charge is -2.11. The Morgan fingerprint density at radius 1 is 1.00 bits per heavy atom. The normalized spacial score (nSPS) is 10.9. The van der Waals surface area contributed by atoms with Crippen molar-refractivity contribution in [3.05, 3.63) is 70.8 Å². The van der Waals surface area contributed by atoms with Crippen LogP contribution in [-0.2, 0) is 6.54 Å². The Kier molecular flexibility index (Phi) is 5.43. The molecule has 0 radical (unpaired) electrons. The van der Waals surface area contributed by atoms with Gasteiger partial charge in [-0.1, -0.05) is 24.3 Å². The lowest BCUT2D eigenvalue weighted by molar-refractivity contribution is 0.310. The fraction of sp³-hybridized carbons (Fsp3) is 0.217. The summed E-state index contributed by atoms with van der Waals surface area (Å²) >= 11 is 0. The number of nitrogens with one attached hydrogen (secondary N) is 1. The molecule has 2 aromatic heterocycles. The smallest absolute Gasteiger partial charge is 0.327 e. The fourth-order valence-corrected chi connectivity index (χ4v) is 3.49. The molecule has 30 heavy (non-hydrogen) atoms. The SMILES string of the molecule is CCOc1cc(Cn2c(=O)[nH]c3cc(-c4ccccc4OC)cnc32)ccc1OC. The van der Waals surface area contributed by atoms with Gasteiger partial charge in [-0.3, -0.25) is 4.57 Å². The summed E-state index contributed by atoms with van der Waals surface area (Å²) in [7, 11) is 3.24. The van der Waals surface area contributed by atoms with E-state index in [9.17, 15) is 4.79 Å². The summed E-state index contributed by atoms with van der Waals surface area (Å²) in [5, 5.41) is 0. The van der Waals surface area contributed by atoms with Gasteiger partial charge in [0.05, 0.1) is 32.9 Å². The Labute approximate surface area is 173 Å². The third-order valence-corrected chi connectivity index (χ3v) is 4.90. The highest BCUT2D eigenvalue weighted by Crippen LogP contribution is 2.31. The molecule has 4 rings (SSSR count). The number of hydrogen-bond acceptors (Lipinski definition) is 5. The van der Waals surface area contributed by atoms with Crippen molar-refractivity contribution in [2.24, 2.45) is 0 Å². The molecule has 4 aromatic rings.